The minimum Gasteiger partial charge on any atom is -0.464 e. The monoisotopic (exact) mass is 269 g/mol. The minimum absolute atomic E-state index is 0.0533. The predicted molar refractivity (Wildman–Crippen MR) is 69.4 cm³/mol. The van der Waals surface area contributed by atoms with Crippen molar-refractivity contribution in [2.75, 3.05) is 13.2 Å². The maximum atomic E-state index is 12.1. The standard InChI is InChI=1S/C14H23NO4/c1-4-18-13(17)12-14(8-11(16)15-12)5-6-19-10(7-14)9(2)3/h9-10,12H,4-8H2,1-3H3,(H,15,16). The van der Waals surface area contributed by atoms with E-state index in [0.29, 0.717) is 25.6 Å². The van der Waals surface area contributed by atoms with Gasteiger partial charge in [0.05, 0.1) is 12.7 Å². The second-order valence-corrected chi connectivity index (χ2v) is 5.90. The summed E-state index contributed by atoms with van der Waals surface area (Å²) in [5.74, 6) is 0.0240. The number of hydrogen-bond donors (Lipinski definition) is 1. The SMILES string of the molecule is CCOC(=O)C1NC(=O)CC12CCOC(C(C)C)C2. The van der Waals surface area contributed by atoms with Crippen LogP contribution in [0.2, 0.25) is 0 Å². The Bertz CT molecular complexity index is 368. The van der Waals surface area contributed by atoms with Gasteiger partial charge in [-0.05, 0) is 25.7 Å². The summed E-state index contributed by atoms with van der Waals surface area (Å²) in [7, 11) is 0. The molecule has 0 aromatic heterocycles. The average Bonchev–Trinajstić information content (AvgIpc) is 2.66. The van der Waals surface area contributed by atoms with Gasteiger partial charge in [-0.3, -0.25) is 4.79 Å². The van der Waals surface area contributed by atoms with Gasteiger partial charge in [-0.25, -0.2) is 4.79 Å². The average molecular weight is 269 g/mol. The third kappa shape index (κ3) is 2.76. The van der Waals surface area contributed by atoms with Crippen molar-refractivity contribution in [1.29, 1.82) is 0 Å². The Kier molecular flexibility index (Phi) is 4.13. The fourth-order valence-corrected chi connectivity index (χ4v) is 3.15. The first-order valence-corrected chi connectivity index (χ1v) is 7.06. The lowest BCUT2D eigenvalue weighted by atomic mass is 9.70. The molecule has 2 aliphatic heterocycles. The van der Waals surface area contributed by atoms with Crippen LogP contribution in [0.25, 0.3) is 0 Å². The molecule has 0 bridgehead atoms. The smallest absolute Gasteiger partial charge is 0.329 e. The highest BCUT2D eigenvalue weighted by Crippen LogP contribution is 2.45. The molecule has 5 nitrogen and oxygen atoms in total. The second kappa shape index (κ2) is 5.49. The number of hydrogen-bond acceptors (Lipinski definition) is 4. The van der Waals surface area contributed by atoms with Crippen molar-refractivity contribution in [3.05, 3.63) is 0 Å². The van der Waals surface area contributed by atoms with E-state index in [0.717, 1.165) is 12.8 Å². The first-order valence-electron chi connectivity index (χ1n) is 7.06. The molecule has 19 heavy (non-hydrogen) atoms. The van der Waals surface area contributed by atoms with E-state index in [1.807, 2.05) is 0 Å². The van der Waals surface area contributed by atoms with Crippen LogP contribution in [0.5, 0.6) is 0 Å². The Hall–Kier alpha value is -1.10. The van der Waals surface area contributed by atoms with Crippen molar-refractivity contribution in [2.45, 2.75) is 52.2 Å². The van der Waals surface area contributed by atoms with Crippen LogP contribution < -0.4 is 5.32 Å². The topological polar surface area (TPSA) is 64.6 Å². The molecule has 0 aromatic carbocycles. The summed E-state index contributed by atoms with van der Waals surface area (Å²) in [6.07, 6.45) is 1.99. The van der Waals surface area contributed by atoms with E-state index in [2.05, 4.69) is 19.2 Å². The summed E-state index contributed by atoms with van der Waals surface area (Å²) in [4.78, 5) is 23.8. The molecule has 1 N–H and O–H groups in total. The van der Waals surface area contributed by atoms with Crippen molar-refractivity contribution in [2.24, 2.45) is 11.3 Å². The summed E-state index contributed by atoms with van der Waals surface area (Å²) in [6, 6.07) is -0.509. The number of rotatable bonds is 3. The minimum atomic E-state index is -0.509. The Balaban J connectivity index is 2.18. The molecule has 0 aliphatic carbocycles. The molecular weight excluding hydrogens is 246 g/mol. The van der Waals surface area contributed by atoms with Gasteiger partial charge in [0.1, 0.15) is 6.04 Å². The molecule has 2 saturated heterocycles. The normalized spacial score (nSPS) is 34.6. The number of carbonyl (C=O) groups excluding carboxylic acids is 2. The molecule has 2 aliphatic rings. The van der Waals surface area contributed by atoms with E-state index in [-0.39, 0.29) is 23.4 Å². The van der Waals surface area contributed by atoms with Crippen LogP contribution >= 0.6 is 0 Å². The third-order valence-corrected chi connectivity index (χ3v) is 4.24. The van der Waals surface area contributed by atoms with Gasteiger partial charge in [0.15, 0.2) is 0 Å². The van der Waals surface area contributed by atoms with E-state index in [9.17, 15) is 9.59 Å². The summed E-state index contributed by atoms with van der Waals surface area (Å²) in [5.41, 5.74) is -0.323. The lowest BCUT2D eigenvalue weighted by Gasteiger charge is -2.41. The highest BCUT2D eigenvalue weighted by Gasteiger charge is 2.53. The fraction of sp³-hybridized carbons (Fsp3) is 0.857. The largest absolute Gasteiger partial charge is 0.464 e. The second-order valence-electron chi connectivity index (χ2n) is 5.90. The van der Waals surface area contributed by atoms with E-state index >= 15 is 0 Å². The molecule has 2 rings (SSSR count). The van der Waals surface area contributed by atoms with Crippen LogP contribution in [0, 0.1) is 11.3 Å². The van der Waals surface area contributed by atoms with E-state index < -0.39 is 6.04 Å². The maximum Gasteiger partial charge on any atom is 0.329 e. The van der Waals surface area contributed by atoms with Crippen molar-refractivity contribution >= 4 is 11.9 Å². The van der Waals surface area contributed by atoms with Gasteiger partial charge in [0, 0.05) is 18.4 Å². The van der Waals surface area contributed by atoms with Gasteiger partial charge < -0.3 is 14.8 Å². The highest BCUT2D eigenvalue weighted by molar-refractivity contribution is 5.90. The third-order valence-electron chi connectivity index (χ3n) is 4.24. The Morgan fingerprint density at radius 2 is 2.32 bits per heavy atom. The molecular formula is C14H23NO4. The van der Waals surface area contributed by atoms with Gasteiger partial charge >= 0.3 is 5.97 Å². The molecule has 5 heteroatoms. The van der Waals surface area contributed by atoms with Gasteiger partial charge in [-0.1, -0.05) is 13.8 Å². The summed E-state index contributed by atoms with van der Waals surface area (Å²) >= 11 is 0. The summed E-state index contributed by atoms with van der Waals surface area (Å²) in [6.45, 7) is 6.93. The molecule has 1 amide bonds. The van der Waals surface area contributed by atoms with Gasteiger partial charge in [-0.2, -0.15) is 0 Å². The predicted octanol–water partition coefficient (Wildman–Crippen LogP) is 1.26. The zero-order valence-electron chi connectivity index (χ0n) is 11.9. The van der Waals surface area contributed by atoms with Gasteiger partial charge in [-0.15, -0.1) is 0 Å². The van der Waals surface area contributed by atoms with Crippen LogP contribution in [0.3, 0.4) is 0 Å². The summed E-state index contributed by atoms with van der Waals surface area (Å²) < 4.78 is 10.9. The number of nitrogens with one attached hydrogen (secondary N) is 1. The molecule has 2 heterocycles. The van der Waals surface area contributed by atoms with Gasteiger partial charge in [0.25, 0.3) is 0 Å². The first-order chi connectivity index (χ1) is 8.98. The van der Waals surface area contributed by atoms with Crippen LogP contribution in [0.1, 0.15) is 40.0 Å². The lowest BCUT2D eigenvalue weighted by molar-refractivity contribution is -0.152. The quantitative estimate of drug-likeness (QED) is 0.783. The molecule has 3 unspecified atom stereocenters. The molecule has 0 aromatic rings. The highest BCUT2D eigenvalue weighted by atomic mass is 16.5. The van der Waals surface area contributed by atoms with Crippen LogP contribution in [0.15, 0.2) is 0 Å². The van der Waals surface area contributed by atoms with Crippen LogP contribution in [-0.4, -0.2) is 37.2 Å². The molecule has 0 saturated carbocycles. The van der Waals surface area contributed by atoms with E-state index in [1.165, 1.54) is 0 Å². The molecule has 0 radical (unpaired) electrons. The summed E-state index contributed by atoms with van der Waals surface area (Å²) in [5, 5.41) is 2.79. The van der Waals surface area contributed by atoms with Crippen molar-refractivity contribution in [1.82, 2.24) is 5.32 Å². The Morgan fingerprint density at radius 3 is 2.95 bits per heavy atom. The van der Waals surface area contributed by atoms with Gasteiger partial charge in [0.2, 0.25) is 5.91 Å². The Morgan fingerprint density at radius 1 is 1.58 bits per heavy atom. The van der Waals surface area contributed by atoms with Crippen LogP contribution in [0.4, 0.5) is 0 Å². The van der Waals surface area contributed by atoms with Crippen LogP contribution in [-0.2, 0) is 19.1 Å². The zero-order chi connectivity index (χ0) is 14.0. The van der Waals surface area contributed by atoms with E-state index in [1.54, 1.807) is 6.92 Å². The fourth-order valence-electron chi connectivity index (χ4n) is 3.15. The number of ether oxygens (including phenoxy) is 2. The molecule has 1 spiro atoms. The number of esters is 1. The lowest BCUT2D eigenvalue weighted by Crippen LogP contribution is -2.49. The number of carbonyl (C=O) groups is 2. The first kappa shape index (κ1) is 14.3. The Labute approximate surface area is 114 Å². The molecule has 108 valence electrons. The van der Waals surface area contributed by atoms with Crippen molar-refractivity contribution < 1.29 is 19.1 Å². The number of amides is 1. The molecule has 2 fully saturated rings. The zero-order valence-corrected chi connectivity index (χ0v) is 11.9. The molecule has 3 atom stereocenters. The van der Waals surface area contributed by atoms with Crippen molar-refractivity contribution in [3.63, 3.8) is 0 Å². The van der Waals surface area contributed by atoms with E-state index in [4.69, 9.17) is 9.47 Å². The maximum absolute atomic E-state index is 12.1. The van der Waals surface area contributed by atoms with Crippen molar-refractivity contribution in [3.8, 4) is 0 Å².